The molecule has 1 aliphatic rings. The van der Waals surface area contributed by atoms with E-state index in [1.165, 1.54) is 0 Å². The van der Waals surface area contributed by atoms with Crippen molar-refractivity contribution in [1.82, 2.24) is 21.3 Å². The number of amides is 4. The average molecular weight is 799 g/mol. The molecule has 0 unspecified atom stereocenters. The van der Waals surface area contributed by atoms with Gasteiger partial charge in [0.05, 0.1) is 0 Å². The lowest BCUT2D eigenvalue weighted by molar-refractivity contribution is -0.142. The molecule has 4 bridgehead atoms. The van der Waals surface area contributed by atoms with E-state index in [-0.39, 0.29) is 52.0 Å². The highest BCUT2D eigenvalue weighted by atomic mass is 16.6. The maximum absolute atomic E-state index is 14.3. The van der Waals surface area contributed by atoms with Crippen molar-refractivity contribution in [2.24, 2.45) is 0 Å². The molecule has 13 nitrogen and oxygen atoms in total. The molecule has 0 spiro atoms. The number of aliphatic carboxylic acids is 1. The third-order valence-electron chi connectivity index (χ3n) is 9.64. The number of ether oxygens (including phenoxy) is 3. The van der Waals surface area contributed by atoms with Gasteiger partial charge in [-0.1, -0.05) is 121 Å². The molecule has 3 atom stereocenters. The number of rotatable bonds is 13. The van der Waals surface area contributed by atoms with Crippen molar-refractivity contribution in [2.75, 3.05) is 6.54 Å². The summed E-state index contributed by atoms with van der Waals surface area (Å²) in [6, 6.07) is 36.8. The van der Waals surface area contributed by atoms with E-state index in [0.29, 0.717) is 16.9 Å². The largest absolute Gasteiger partial charge is 0.489 e. The molecule has 0 radical (unpaired) electrons. The molecule has 1 aliphatic heterocycles. The molecule has 5 aromatic rings. The SMILES string of the molecule is O=C(NCCC[C@@H]1NC(=O)[C@@H](NC(=O)OCc2ccccc2)Cc2cc(ccc2OCc2ccccc2)-c2cccc(c2)C[C@@H](C(=O)O)NC1=O)OCc1ccccc1. The second-order valence-corrected chi connectivity index (χ2v) is 14.1. The Hall–Kier alpha value is -7.15. The summed E-state index contributed by atoms with van der Waals surface area (Å²) >= 11 is 0. The predicted octanol–water partition coefficient (Wildman–Crippen LogP) is 6.09. The number of hydrogen-bond donors (Lipinski definition) is 5. The number of nitrogens with one attached hydrogen (secondary N) is 4. The van der Waals surface area contributed by atoms with Crippen molar-refractivity contribution < 1.29 is 43.3 Å². The van der Waals surface area contributed by atoms with Gasteiger partial charge in [-0.3, -0.25) is 9.59 Å². The summed E-state index contributed by atoms with van der Waals surface area (Å²) in [5.41, 5.74) is 5.26. The van der Waals surface area contributed by atoms with Crippen molar-refractivity contribution in [3.63, 3.8) is 0 Å². The second-order valence-electron chi connectivity index (χ2n) is 14.1. The van der Waals surface area contributed by atoms with Crippen LogP contribution >= 0.6 is 0 Å². The van der Waals surface area contributed by atoms with Crippen LogP contribution in [0.3, 0.4) is 0 Å². The summed E-state index contributed by atoms with van der Waals surface area (Å²) in [6.45, 7) is 0.335. The lowest BCUT2D eigenvalue weighted by Crippen LogP contribution is -2.56. The van der Waals surface area contributed by atoms with Gasteiger partial charge in [-0.05, 0) is 63.9 Å². The highest BCUT2D eigenvalue weighted by molar-refractivity contribution is 5.93. The predicted molar refractivity (Wildman–Crippen MR) is 219 cm³/mol. The van der Waals surface area contributed by atoms with Gasteiger partial charge in [-0.25, -0.2) is 14.4 Å². The third kappa shape index (κ3) is 12.7. The summed E-state index contributed by atoms with van der Waals surface area (Å²) in [7, 11) is 0. The van der Waals surface area contributed by atoms with E-state index in [4.69, 9.17) is 14.2 Å². The Bertz CT molecular complexity index is 2200. The Morgan fingerprint density at radius 3 is 1.90 bits per heavy atom. The van der Waals surface area contributed by atoms with Crippen molar-refractivity contribution >= 4 is 30.0 Å². The van der Waals surface area contributed by atoms with E-state index >= 15 is 0 Å². The number of carboxylic acids is 1. The molecule has 1 heterocycles. The minimum atomic E-state index is -1.33. The maximum Gasteiger partial charge on any atom is 0.408 e. The molecule has 0 saturated carbocycles. The fourth-order valence-electron chi connectivity index (χ4n) is 6.53. The van der Waals surface area contributed by atoms with Gasteiger partial charge in [0.2, 0.25) is 11.8 Å². The number of benzene rings is 5. The molecule has 304 valence electrons. The topological polar surface area (TPSA) is 181 Å². The molecule has 13 heteroatoms. The fraction of sp³-hybridized carbons (Fsp3) is 0.239. The third-order valence-corrected chi connectivity index (χ3v) is 9.64. The quantitative estimate of drug-likeness (QED) is 0.0882. The van der Waals surface area contributed by atoms with E-state index in [9.17, 15) is 29.1 Å². The zero-order valence-electron chi connectivity index (χ0n) is 32.3. The number of fused-ring (bicyclic) bond motifs is 5. The van der Waals surface area contributed by atoms with Gasteiger partial charge in [-0.15, -0.1) is 0 Å². The summed E-state index contributed by atoms with van der Waals surface area (Å²) < 4.78 is 17.1. The van der Waals surface area contributed by atoms with Crippen LogP contribution in [0.2, 0.25) is 0 Å². The first-order valence-corrected chi connectivity index (χ1v) is 19.3. The lowest BCUT2D eigenvalue weighted by Gasteiger charge is -2.25. The Morgan fingerprint density at radius 2 is 1.25 bits per heavy atom. The first-order chi connectivity index (χ1) is 28.7. The first kappa shape index (κ1) is 41.5. The summed E-state index contributed by atoms with van der Waals surface area (Å²) in [4.78, 5) is 66.5. The van der Waals surface area contributed by atoms with Gasteiger partial charge in [-0.2, -0.15) is 0 Å². The van der Waals surface area contributed by atoms with Crippen molar-refractivity contribution in [2.45, 2.75) is 63.6 Å². The van der Waals surface area contributed by atoms with Crippen LogP contribution in [-0.4, -0.2) is 59.7 Å². The Morgan fingerprint density at radius 1 is 0.644 bits per heavy atom. The molecule has 0 fully saturated rings. The molecule has 4 amide bonds. The first-order valence-electron chi connectivity index (χ1n) is 19.3. The molecule has 0 aromatic heterocycles. The smallest absolute Gasteiger partial charge is 0.408 e. The Labute approximate surface area is 342 Å². The molecule has 0 aliphatic carbocycles. The van der Waals surface area contributed by atoms with Crippen LogP contribution in [0.5, 0.6) is 5.75 Å². The molecule has 0 saturated heterocycles. The molecule has 59 heavy (non-hydrogen) atoms. The Balaban J connectivity index is 1.27. The van der Waals surface area contributed by atoms with Crippen LogP contribution in [0, 0.1) is 0 Å². The standard InChI is InChI=1S/C46H46N4O9/c51-42-38(20-11-23-47-45(55)58-29-32-14-6-2-7-15-32)48-43(52)39(50-46(56)59-30-33-16-8-3-9-17-33)27-37-26-36(21-22-41(37)57-28-31-12-4-1-5-13-31)35-19-10-18-34(24-35)25-40(49-42)44(53)54/h1-10,12-19,21-22,24,26,38-40H,11,20,23,25,27-30H2,(H,47,55)(H,48,52)(H,49,51)(H,50,56)(H,53,54)/t38-,39-,40-/m0/s1. The number of carboxylic acid groups (broad SMARTS) is 1. The van der Waals surface area contributed by atoms with Crippen LogP contribution in [-0.2, 0) is 56.5 Å². The fourth-order valence-corrected chi connectivity index (χ4v) is 6.53. The molecule has 5 N–H and O–H groups in total. The van der Waals surface area contributed by atoms with E-state index < -0.39 is 48.1 Å². The van der Waals surface area contributed by atoms with Crippen LogP contribution in [0.15, 0.2) is 133 Å². The lowest BCUT2D eigenvalue weighted by atomic mass is 9.96. The number of carbonyl (C=O) groups is 5. The normalized spacial score (nSPS) is 16.5. The van der Waals surface area contributed by atoms with Gasteiger partial charge in [0.1, 0.15) is 43.7 Å². The molecular formula is C46H46N4O9. The maximum atomic E-state index is 14.3. The van der Waals surface area contributed by atoms with Crippen molar-refractivity contribution in [3.8, 4) is 16.9 Å². The van der Waals surface area contributed by atoms with Crippen LogP contribution in [0.1, 0.15) is 40.7 Å². The highest BCUT2D eigenvalue weighted by Crippen LogP contribution is 2.30. The highest BCUT2D eigenvalue weighted by Gasteiger charge is 2.31. The van der Waals surface area contributed by atoms with E-state index in [1.807, 2.05) is 109 Å². The zero-order valence-corrected chi connectivity index (χ0v) is 32.3. The van der Waals surface area contributed by atoms with Gasteiger partial charge < -0.3 is 40.6 Å². The molecule has 5 aromatic carbocycles. The van der Waals surface area contributed by atoms with Gasteiger partial charge in [0, 0.05) is 19.4 Å². The minimum absolute atomic E-state index is 0.00442. The van der Waals surface area contributed by atoms with E-state index in [0.717, 1.165) is 27.8 Å². The summed E-state index contributed by atoms with van der Waals surface area (Å²) in [5.74, 6) is -2.26. The average Bonchev–Trinajstić information content (AvgIpc) is 3.25. The summed E-state index contributed by atoms with van der Waals surface area (Å²) in [5, 5.41) is 20.9. The number of carbonyl (C=O) groups excluding carboxylic acids is 4. The van der Waals surface area contributed by atoms with E-state index in [1.54, 1.807) is 24.3 Å². The van der Waals surface area contributed by atoms with Gasteiger partial charge >= 0.3 is 18.2 Å². The van der Waals surface area contributed by atoms with Crippen LogP contribution < -0.4 is 26.0 Å². The van der Waals surface area contributed by atoms with Crippen molar-refractivity contribution in [1.29, 1.82) is 0 Å². The summed E-state index contributed by atoms with van der Waals surface area (Å²) in [6.07, 6.45) is -1.42. The minimum Gasteiger partial charge on any atom is -0.489 e. The van der Waals surface area contributed by atoms with Crippen LogP contribution in [0.25, 0.3) is 11.1 Å². The zero-order chi connectivity index (χ0) is 41.4. The van der Waals surface area contributed by atoms with Crippen molar-refractivity contribution in [3.05, 3.63) is 161 Å². The molecular weight excluding hydrogens is 753 g/mol. The van der Waals surface area contributed by atoms with Crippen LogP contribution in [0.4, 0.5) is 9.59 Å². The van der Waals surface area contributed by atoms with E-state index in [2.05, 4.69) is 21.3 Å². The van der Waals surface area contributed by atoms with Gasteiger partial charge in [0.25, 0.3) is 0 Å². The Kier molecular flexibility index (Phi) is 14.7. The van der Waals surface area contributed by atoms with Gasteiger partial charge in [0.15, 0.2) is 0 Å². The molecule has 6 rings (SSSR count). The number of hydrogen-bond acceptors (Lipinski definition) is 8. The number of alkyl carbamates (subject to hydrolysis) is 2. The second kappa shape index (κ2) is 20.8. The monoisotopic (exact) mass is 798 g/mol.